The van der Waals surface area contributed by atoms with Gasteiger partial charge >= 0.3 is 0 Å². The van der Waals surface area contributed by atoms with Gasteiger partial charge in [0.1, 0.15) is 0 Å². The number of sulfone groups is 1. The molecule has 150 valence electrons. The van der Waals surface area contributed by atoms with Crippen molar-refractivity contribution >= 4 is 21.4 Å². The number of morpholine rings is 1. The predicted molar refractivity (Wildman–Crippen MR) is 109 cm³/mol. The number of anilines is 1. The molecule has 1 fully saturated rings. The van der Waals surface area contributed by atoms with E-state index in [1.165, 1.54) is 6.07 Å². The molecule has 0 radical (unpaired) electrons. The maximum absolute atomic E-state index is 12.8. The maximum Gasteiger partial charge on any atom is 0.256 e. The summed E-state index contributed by atoms with van der Waals surface area (Å²) in [6, 6.07) is 14.0. The van der Waals surface area contributed by atoms with Crippen LogP contribution in [0.2, 0.25) is 0 Å². The van der Waals surface area contributed by atoms with E-state index < -0.39 is 21.0 Å². The fraction of sp³-hybridized carbons (Fsp3) is 0.381. The van der Waals surface area contributed by atoms with E-state index in [-0.39, 0.29) is 10.5 Å². The van der Waals surface area contributed by atoms with Crippen molar-refractivity contribution < 1.29 is 17.9 Å². The third kappa shape index (κ3) is 4.79. The second-order valence-electron chi connectivity index (χ2n) is 7.13. The Morgan fingerprint density at radius 2 is 1.82 bits per heavy atom. The van der Waals surface area contributed by atoms with Gasteiger partial charge in [-0.15, -0.1) is 0 Å². The maximum atomic E-state index is 12.8. The molecule has 0 atom stereocenters. The summed E-state index contributed by atoms with van der Waals surface area (Å²) in [4.78, 5) is 15.2. The van der Waals surface area contributed by atoms with E-state index >= 15 is 0 Å². The molecule has 1 N–H and O–H groups in total. The SMILES string of the molecule is CC(C)S(=O)(=O)c1ccccc1C(=O)Nc1cccc(CN2CCOCC2)c1. The molecule has 7 heteroatoms. The summed E-state index contributed by atoms with van der Waals surface area (Å²) >= 11 is 0. The number of ether oxygens (including phenoxy) is 1. The van der Waals surface area contributed by atoms with Gasteiger partial charge in [0.15, 0.2) is 9.84 Å². The first-order valence-corrected chi connectivity index (χ1v) is 11.0. The summed E-state index contributed by atoms with van der Waals surface area (Å²) < 4.78 is 30.5. The number of nitrogens with zero attached hydrogens (tertiary/aromatic N) is 1. The van der Waals surface area contributed by atoms with E-state index in [0.29, 0.717) is 5.69 Å². The van der Waals surface area contributed by atoms with Crippen LogP contribution in [0.15, 0.2) is 53.4 Å². The largest absolute Gasteiger partial charge is 0.379 e. The predicted octanol–water partition coefficient (Wildman–Crippen LogP) is 2.95. The van der Waals surface area contributed by atoms with Crippen LogP contribution in [0.4, 0.5) is 5.69 Å². The number of hydrogen-bond donors (Lipinski definition) is 1. The number of benzene rings is 2. The molecule has 0 bridgehead atoms. The highest BCUT2D eigenvalue weighted by atomic mass is 32.2. The van der Waals surface area contributed by atoms with Crippen LogP contribution in [0.25, 0.3) is 0 Å². The first-order chi connectivity index (χ1) is 13.4. The summed E-state index contributed by atoms with van der Waals surface area (Å²) in [5.74, 6) is -0.427. The van der Waals surface area contributed by atoms with Gasteiger partial charge in [0.25, 0.3) is 5.91 Å². The first kappa shape index (κ1) is 20.5. The van der Waals surface area contributed by atoms with Crippen LogP contribution < -0.4 is 5.32 Å². The topological polar surface area (TPSA) is 75.7 Å². The number of rotatable bonds is 6. The minimum absolute atomic E-state index is 0.0620. The van der Waals surface area contributed by atoms with Gasteiger partial charge in [-0.05, 0) is 43.7 Å². The minimum Gasteiger partial charge on any atom is -0.379 e. The molecule has 1 amide bonds. The van der Waals surface area contributed by atoms with Gasteiger partial charge in [0, 0.05) is 25.3 Å². The van der Waals surface area contributed by atoms with E-state index in [9.17, 15) is 13.2 Å². The first-order valence-electron chi connectivity index (χ1n) is 9.41. The number of carbonyl (C=O) groups is 1. The van der Waals surface area contributed by atoms with Crippen LogP contribution in [-0.4, -0.2) is 50.8 Å². The molecule has 0 unspecified atom stereocenters. The standard InChI is InChI=1S/C21H26N2O4S/c1-16(2)28(25,26)20-9-4-3-8-19(20)21(24)22-18-7-5-6-17(14-18)15-23-10-12-27-13-11-23/h3-9,14,16H,10-13,15H2,1-2H3,(H,22,24). The van der Waals surface area contributed by atoms with Crippen LogP contribution >= 0.6 is 0 Å². The average Bonchev–Trinajstić information content (AvgIpc) is 2.69. The molecular weight excluding hydrogens is 376 g/mol. The lowest BCUT2D eigenvalue weighted by Crippen LogP contribution is -2.35. The van der Waals surface area contributed by atoms with Gasteiger partial charge in [-0.25, -0.2) is 8.42 Å². The summed E-state index contributed by atoms with van der Waals surface area (Å²) in [5, 5.41) is 2.24. The molecule has 6 nitrogen and oxygen atoms in total. The molecule has 0 aromatic heterocycles. The Kier molecular flexibility index (Phi) is 6.49. The highest BCUT2D eigenvalue weighted by Crippen LogP contribution is 2.22. The Labute approximate surface area is 166 Å². The van der Waals surface area contributed by atoms with Gasteiger partial charge < -0.3 is 10.1 Å². The molecule has 1 aliphatic heterocycles. The second kappa shape index (κ2) is 8.86. The van der Waals surface area contributed by atoms with Crippen LogP contribution in [0.5, 0.6) is 0 Å². The molecule has 28 heavy (non-hydrogen) atoms. The monoisotopic (exact) mass is 402 g/mol. The molecule has 1 saturated heterocycles. The molecule has 2 aromatic carbocycles. The van der Waals surface area contributed by atoms with Crippen molar-refractivity contribution in [3.63, 3.8) is 0 Å². The highest BCUT2D eigenvalue weighted by Gasteiger charge is 2.25. The van der Waals surface area contributed by atoms with Crippen LogP contribution in [-0.2, 0) is 21.1 Å². The lowest BCUT2D eigenvalue weighted by atomic mass is 10.1. The Balaban J connectivity index is 1.78. The summed E-state index contributed by atoms with van der Waals surface area (Å²) in [7, 11) is -3.55. The van der Waals surface area contributed by atoms with Gasteiger partial charge in [0.2, 0.25) is 0 Å². The lowest BCUT2D eigenvalue weighted by molar-refractivity contribution is 0.0342. The van der Waals surface area contributed by atoms with Crippen molar-refractivity contribution in [3.05, 3.63) is 59.7 Å². The van der Waals surface area contributed by atoms with Crippen molar-refractivity contribution in [1.82, 2.24) is 4.90 Å². The van der Waals surface area contributed by atoms with Crippen LogP contribution in [0.1, 0.15) is 29.8 Å². The van der Waals surface area contributed by atoms with Gasteiger partial charge in [0.05, 0.1) is 28.9 Å². The fourth-order valence-corrected chi connectivity index (χ4v) is 4.36. The van der Waals surface area contributed by atoms with Crippen molar-refractivity contribution in [2.24, 2.45) is 0 Å². The average molecular weight is 403 g/mol. The number of nitrogens with one attached hydrogen (secondary N) is 1. The zero-order valence-corrected chi connectivity index (χ0v) is 17.0. The minimum atomic E-state index is -3.55. The van der Waals surface area contributed by atoms with E-state index in [1.807, 2.05) is 18.2 Å². The third-order valence-corrected chi connectivity index (χ3v) is 6.96. The Morgan fingerprint density at radius 1 is 1.11 bits per heavy atom. The molecule has 0 saturated carbocycles. The zero-order chi connectivity index (χ0) is 20.1. The summed E-state index contributed by atoms with van der Waals surface area (Å²) in [6.45, 7) is 7.24. The molecule has 1 aliphatic rings. The quantitative estimate of drug-likeness (QED) is 0.804. The van der Waals surface area contributed by atoms with Gasteiger partial charge in [-0.2, -0.15) is 0 Å². The number of amides is 1. The second-order valence-corrected chi connectivity index (χ2v) is 9.61. The number of hydrogen-bond acceptors (Lipinski definition) is 5. The molecular formula is C21H26N2O4S. The molecule has 1 heterocycles. The number of carbonyl (C=O) groups excluding carboxylic acids is 1. The van der Waals surface area contributed by atoms with E-state index in [0.717, 1.165) is 38.4 Å². The highest BCUT2D eigenvalue weighted by molar-refractivity contribution is 7.92. The zero-order valence-electron chi connectivity index (χ0n) is 16.2. The van der Waals surface area contributed by atoms with E-state index in [2.05, 4.69) is 10.2 Å². The fourth-order valence-electron chi connectivity index (χ4n) is 3.12. The normalized spacial score (nSPS) is 15.5. The van der Waals surface area contributed by atoms with Crippen molar-refractivity contribution in [1.29, 1.82) is 0 Å². The van der Waals surface area contributed by atoms with Crippen molar-refractivity contribution in [2.45, 2.75) is 30.5 Å². The summed E-state index contributed by atoms with van der Waals surface area (Å²) in [6.07, 6.45) is 0. The molecule has 0 spiro atoms. The van der Waals surface area contributed by atoms with Crippen LogP contribution in [0.3, 0.4) is 0 Å². The van der Waals surface area contributed by atoms with Gasteiger partial charge in [-0.3, -0.25) is 9.69 Å². The van der Waals surface area contributed by atoms with Crippen molar-refractivity contribution in [3.8, 4) is 0 Å². The smallest absolute Gasteiger partial charge is 0.256 e. The van der Waals surface area contributed by atoms with Gasteiger partial charge in [-0.1, -0.05) is 24.3 Å². The Hall–Kier alpha value is -2.22. The lowest BCUT2D eigenvalue weighted by Gasteiger charge is -2.26. The van der Waals surface area contributed by atoms with E-state index in [1.54, 1.807) is 38.1 Å². The molecule has 0 aliphatic carbocycles. The third-order valence-electron chi connectivity index (χ3n) is 4.75. The molecule has 3 rings (SSSR count). The van der Waals surface area contributed by atoms with Crippen molar-refractivity contribution in [2.75, 3.05) is 31.6 Å². The molecule has 2 aromatic rings. The summed E-state index contributed by atoms with van der Waals surface area (Å²) in [5.41, 5.74) is 1.89. The van der Waals surface area contributed by atoms with E-state index in [4.69, 9.17) is 4.74 Å². The van der Waals surface area contributed by atoms with Crippen LogP contribution in [0, 0.1) is 0 Å². The Bertz CT molecular complexity index is 935. The Morgan fingerprint density at radius 3 is 2.54 bits per heavy atom.